The molecule has 2 unspecified atom stereocenters. The number of carbonyl (C=O) groups excluding carboxylic acids is 2. The van der Waals surface area contributed by atoms with Crippen molar-refractivity contribution in [1.82, 2.24) is 10.4 Å². The van der Waals surface area contributed by atoms with Crippen molar-refractivity contribution in [3.05, 3.63) is 24.3 Å². The summed E-state index contributed by atoms with van der Waals surface area (Å²) in [5, 5.41) is 13.4. The van der Waals surface area contributed by atoms with Gasteiger partial charge >= 0.3 is 11.9 Å². The van der Waals surface area contributed by atoms with Crippen molar-refractivity contribution in [1.29, 1.82) is 0 Å². The Bertz CT molecular complexity index is 754. The lowest BCUT2D eigenvalue weighted by atomic mass is 10.2. The minimum Gasteiger partial charge on any atom is -0.495 e. The van der Waals surface area contributed by atoms with Crippen molar-refractivity contribution < 1.29 is 29.1 Å². The number of thioether (sulfide) groups is 1. The molecule has 1 aromatic carbocycles. The highest BCUT2D eigenvalue weighted by molar-refractivity contribution is 8.01. The molecule has 1 amide bonds. The quantitative estimate of drug-likeness (QED) is 0.626. The molecule has 31 heavy (non-hydrogen) atoms. The first-order chi connectivity index (χ1) is 14.8. The Kier molecular flexibility index (Phi) is 9.93. The van der Waals surface area contributed by atoms with E-state index in [9.17, 15) is 14.4 Å². The molecule has 0 aliphatic carbocycles. The minimum absolute atomic E-state index is 0.164. The molecule has 2 heterocycles. The number of unbranched alkanes of at least 4 members (excludes halogenated alkanes) is 1. The van der Waals surface area contributed by atoms with Gasteiger partial charge in [-0.25, -0.2) is 9.59 Å². The first kappa shape index (κ1) is 24.8. The van der Waals surface area contributed by atoms with Crippen LogP contribution >= 0.6 is 11.8 Å². The van der Waals surface area contributed by atoms with Gasteiger partial charge in [0.05, 0.1) is 36.5 Å². The summed E-state index contributed by atoms with van der Waals surface area (Å²) < 4.78 is 5.30. The van der Waals surface area contributed by atoms with E-state index in [4.69, 9.17) is 14.7 Å². The number of anilines is 1. The number of hydrogen-bond acceptors (Lipinski definition) is 8. The number of nitrogens with zero attached hydrogens (tertiary/aromatic N) is 2. The van der Waals surface area contributed by atoms with Crippen LogP contribution in [0.1, 0.15) is 33.1 Å². The van der Waals surface area contributed by atoms with Gasteiger partial charge in [0.2, 0.25) is 5.91 Å². The molecule has 0 radical (unpaired) electrons. The smallest absolute Gasteiger partial charge is 0.436 e. The number of ether oxygens (including phenoxy) is 1. The number of aliphatic carboxylic acids is 1. The highest BCUT2D eigenvalue weighted by Gasteiger charge is 2.28. The number of methoxy groups -OCH3 is 1. The van der Waals surface area contributed by atoms with Crippen molar-refractivity contribution in [2.45, 2.75) is 43.7 Å². The maximum atomic E-state index is 11.0. The number of carbonyl (C=O) groups is 3. The number of nitrogens with one attached hydrogen (secondary N) is 1. The van der Waals surface area contributed by atoms with Crippen LogP contribution in [0, 0.1) is 0 Å². The van der Waals surface area contributed by atoms with Gasteiger partial charge in [-0.1, -0.05) is 31.9 Å². The maximum absolute atomic E-state index is 11.0. The summed E-state index contributed by atoms with van der Waals surface area (Å²) in [7, 11) is 1.61. The Labute approximate surface area is 187 Å². The third kappa shape index (κ3) is 7.62. The summed E-state index contributed by atoms with van der Waals surface area (Å²) in [5.41, 5.74) is 0.971. The number of hydrogen-bond donors (Lipinski definition) is 2. The van der Waals surface area contributed by atoms with E-state index in [1.165, 1.54) is 17.9 Å². The lowest BCUT2D eigenvalue weighted by Crippen LogP contribution is -2.47. The molecule has 3 rings (SSSR count). The van der Waals surface area contributed by atoms with Crippen LogP contribution in [0.5, 0.6) is 5.75 Å². The SMILES string of the molecule is CCCCC1NC(=O)C(C)S1.COc1ccccc1N1CCN(OC(=O)C(=O)O)CC1. The monoisotopic (exact) mass is 453 g/mol. The molecule has 2 aliphatic rings. The zero-order valence-corrected chi connectivity index (χ0v) is 19.0. The third-order valence-corrected chi connectivity index (χ3v) is 6.22. The van der Waals surface area contributed by atoms with E-state index in [0.717, 1.165) is 17.9 Å². The number of benzene rings is 1. The van der Waals surface area contributed by atoms with Crippen molar-refractivity contribution in [2.24, 2.45) is 0 Å². The summed E-state index contributed by atoms with van der Waals surface area (Å²) in [5.74, 6) is -1.85. The predicted molar refractivity (Wildman–Crippen MR) is 119 cm³/mol. The van der Waals surface area contributed by atoms with Gasteiger partial charge < -0.3 is 24.9 Å². The van der Waals surface area contributed by atoms with Crippen LogP contribution in [0.25, 0.3) is 0 Å². The summed E-state index contributed by atoms with van der Waals surface area (Å²) in [6, 6.07) is 7.66. The molecule has 2 saturated heterocycles. The fraction of sp³-hybridized carbons (Fsp3) is 0.571. The Morgan fingerprint density at radius 2 is 1.90 bits per heavy atom. The van der Waals surface area contributed by atoms with E-state index in [-0.39, 0.29) is 11.2 Å². The van der Waals surface area contributed by atoms with E-state index in [1.54, 1.807) is 18.9 Å². The lowest BCUT2D eigenvalue weighted by molar-refractivity contribution is -0.198. The van der Waals surface area contributed by atoms with E-state index in [1.807, 2.05) is 31.2 Å². The standard InChI is InChI=1S/C13H16N2O5.C8H15NOS/c1-19-11-5-3-2-4-10(11)14-6-8-15(9-7-14)20-13(18)12(16)17;1-3-4-5-7-9-8(10)6(2)11-7/h2-5H,6-9H2,1H3,(H,16,17);6-7H,3-5H2,1-2H3,(H,9,10). The van der Waals surface area contributed by atoms with Gasteiger partial charge in [-0.3, -0.25) is 4.79 Å². The maximum Gasteiger partial charge on any atom is 0.436 e. The number of para-hydroxylation sites is 2. The molecule has 0 spiro atoms. The summed E-state index contributed by atoms with van der Waals surface area (Å²) >= 11 is 1.75. The van der Waals surface area contributed by atoms with Gasteiger partial charge in [-0.2, -0.15) is 0 Å². The normalized spacial score (nSPS) is 21.0. The highest BCUT2D eigenvalue weighted by atomic mass is 32.2. The molecule has 2 fully saturated rings. The highest BCUT2D eigenvalue weighted by Crippen LogP contribution is 2.28. The number of hydroxylamine groups is 2. The second kappa shape index (κ2) is 12.4. The molecular formula is C21H31N3O6S. The number of amides is 1. The van der Waals surface area contributed by atoms with Crippen molar-refractivity contribution in [3.8, 4) is 5.75 Å². The number of carboxylic acids is 1. The molecule has 2 aliphatic heterocycles. The van der Waals surface area contributed by atoms with Crippen LogP contribution in [-0.4, -0.2) is 71.9 Å². The van der Waals surface area contributed by atoms with E-state index in [2.05, 4.69) is 17.1 Å². The number of rotatable bonds is 6. The fourth-order valence-electron chi connectivity index (χ4n) is 3.22. The van der Waals surface area contributed by atoms with Gasteiger partial charge in [0.15, 0.2) is 0 Å². The molecule has 10 heteroatoms. The van der Waals surface area contributed by atoms with E-state index in [0.29, 0.717) is 31.6 Å². The second-order valence-corrected chi connectivity index (χ2v) is 8.74. The largest absolute Gasteiger partial charge is 0.495 e. The molecule has 1 aromatic rings. The summed E-state index contributed by atoms with van der Waals surface area (Å²) in [4.78, 5) is 39.2. The Hall–Kier alpha value is -2.46. The van der Waals surface area contributed by atoms with Crippen molar-refractivity contribution in [3.63, 3.8) is 0 Å². The first-order valence-electron chi connectivity index (χ1n) is 10.4. The average Bonchev–Trinajstić information content (AvgIpc) is 3.10. The Morgan fingerprint density at radius 3 is 2.45 bits per heavy atom. The fourth-order valence-corrected chi connectivity index (χ4v) is 4.39. The zero-order chi connectivity index (χ0) is 22.8. The predicted octanol–water partition coefficient (Wildman–Crippen LogP) is 2.11. The van der Waals surface area contributed by atoms with Crippen LogP contribution in [0.2, 0.25) is 0 Å². The topological polar surface area (TPSA) is 108 Å². The van der Waals surface area contributed by atoms with E-state index < -0.39 is 11.9 Å². The molecule has 2 N–H and O–H groups in total. The molecule has 0 bridgehead atoms. The van der Waals surface area contributed by atoms with Gasteiger partial charge in [0.25, 0.3) is 0 Å². The third-order valence-electron chi connectivity index (χ3n) is 4.91. The van der Waals surface area contributed by atoms with Crippen LogP contribution in [0.15, 0.2) is 24.3 Å². The second-order valence-electron chi connectivity index (χ2n) is 7.19. The van der Waals surface area contributed by atoms with Crippen molar-refractivity contribution >= 4 is 35.3 Å². The minimum atomic E-state index is -1.59. The Balaban J connectivity index is 0.000000262. The Morgan fingerprint density at radius 1 is 1.23 bits per heavy atom. The number of piperazine rings is 1. The van der Waals surface area contributed by atoms with Gasteiger partial charge in [-0.15, -0.1) is 16.8 Å². The zero-order valence-electron chi connectivity index (χ0n) is 18.2. The van der Waals surface area contributed by atoms with Crippen LogP contribution in [-0.2, 0) is 19.2 Å². The summed E-state index contributed by atoms with van der Waals surface area (Å²) in [6.45, 7) is 6.26. The van der Waals surface area contributed by atoms with Crippen molar-refractivity contribution in [2.75, 3.05) is 38.2 Å². The van der Waals surface area contributed by atoms with Gasteiger partial charge in [-0.05, 0) is 25.5 Å². The average molecular weight is 454 g/mol. The van der Waals surface area contributed by atoms with Gasteiger partial charge in [0.1, 0.15) is 5.75 Å². The molecular weight excluding hydrogens is 422 g/mol. The van der Waals surface area contributed by atoms with Gasteiger partial charge in [0, 0.05) is 13.1 Å². The molecule has 9 nitrogen and oxygen atoms in total. The first-order valence-corrected chi connectivity index (χ1v) is 11.3. The van der Waals surface area contributed by atoms with Crippen LogP contribution in [0.4, 0.5) is 5.69 Å². The van der Waals surface area contributed by atoms with E-state index >= 15 is 0 Å². The molecule has 0 aromatic heterocycles. The van der Waals surface area contributed by atoms with Crippen LogP contribution in [0.3, 0.4) is 0 Å². The summed E-state index contributed by atoms with van der Waals surface area (Å²) in [6.07, 6.45) is 3.54. The lowest BCUT2D eigenvalue weighted by Gasteiger charge is -2.34. The number of carboxylic acid groups (broad SMARTS) is 1. The molecule has 0 saturated carbocycles. The molecule has 2 atom stereocenters. The van der Waals surface area contributed by atoms with Crippen LogP contribution < -0.4 is 15.0 Å². The molecule has 172 valence electrons.